The molecular formula is C20H23ClN2O4. The molecule has 0 aliphatic heterocycles. The van der Waals surface area contributed by atoms with Crippen LogP contribution in [0.1, 0.15) is 37.3 Å². The number of ether oxygens (including phenoxy) is 2. The second kappa shape index (κ2) is 9.83. The molecule has 0 spiro atoms. The van der Waals surface area contributed by atoms with Crippen LogP contribution in [0.25, 0.3) is 0 Å². The predicted octanol–water partition coefficient (Wildman–Crippen LogP) is 4.10. The van der Waals surface area contributed by atoms with Gasteiger partial charge in [-0.05, 0) is 47.7 Å². The minimum atomic E-state index is -0.394. The van der Waals surface area contributed by atoms with Gasteiger partial charge in [-0.25, -0.2) is 5.43 Å². The summed E-state index contributed by atoms with van der Waals surface area (Å²) in [5.74, 6) is 0.793. The first-order valence-corrected chi connectivity index (χ1v) is 8.93. The van der Waals surface area contributed by atoms with Gasteiger partial charge in [-0.2, -0.15) is 5.10 Å². The second-order valence-electron chi connectivity index (χ2n) is 6.01. The molecule has 0 bridgehead atoms. The molecule has 0 fully saturated rings. The highest BCUT2D eigenvalue weighted by molar-refractivity contribution is 6.32. The third-order valence-corrected chi connectivity index (χ3v) is 4.39. The minimum Gasteiger partial charge on any atom is -0.503 e. The van der Waals surface area contributed by atoms with Gasteiger partial charge in [0.25, 0.3) is 5.91 Å². The largest absolute Gasteiger partial charge is 0.503 e. The Morgan fingerprint density at radius 3 is 2.67 bits per heavy atom. The van der Waals surface area contributed by atoms with Gasteiger partial charge in [0.1, 0.15) is 5.75 Å². The van der Waals surface area contributed by atoms with E-state index in [-0.39, 0.29) is 23.1 Å². The molecule has 2 aromatic carbocycles. The SMILES string of the molecule is CC[C@H](C)c1ccc(OCC(=O)N/N=C\c2cc(Cl)c(O)c(OC)c2)cc1. The molecule has 0 saturated carbocycles. The summed E-state index contributed by atoms with van der Waals surface area (Å²) < 4.78 is 10.5. The van der Waals surface area contributed by atoms with Crippen molar-refractivity contribution in [3.63, 3.8) is 0 Å². The summed E-state index contributed by atoms with van der Waals surface area (Å²) in [5.41, 5.74) is 4.17. The molecule has 0 heterocycles. The lowest BCUT2D eigenvalue weighted by molar-refractivity contribution is -0.123. The lowest BCUT2D eigenvalue weighted by Crippen LogP contribution is -2.24. The maximum absolute atomic E-state index is 11.8. The number of benzene rings is 2. The molecule has 6 nitrogen and oxygen atoms in total. The fourth-order valence-corrected chi connectivity index (χ4v) is 2.53. The van der Waals surface area contributed by atoms with Gasteiger partial charge in [0.15, 0.2) is 18.1 Å². The summed E-state index contributed by atoms with van der Waals surface area (Å²) in [5, 5.41) is 13.7. The van der Waals surface area contributed by atoms with Crippen LogP contribution in [0.5, 0.6) is 17.2 Å². The number of hydrazone groups is 1. The van der Waals surface area contributed by atoms with Gasteiger partial charge >= 0.3 is 0 Å². The van der Waals surface area contributed by atoms with Crippen LogP contribution >= 0.6 is 11.6 Å². The molecule has 2 N–H and O–H groups in total. The van der Waals surface area contributed by atoms with Crippen molar-refractivity contribution in [1.82, 2.24) is 5.43 Å². The lowest BCUT2D eigenvalue weighted by atomic mass is 9.99. The highest BCUT2D eigenvalue weighted by atomic mass is 35.5. The number of phenolic OH excluding ortho intramolecular Hbond substituents is 1. The van der Waals surface area contributed by atoms with E-state index in [9.17, 15) is 9.90 Å². The Bertz CT molecular complexity index is 806. The Hall–Kier alpha value is -2.73. The van der Waals surface area contributed by atoms with E-state index in [4.69, 9.17) is 21.1 Å². The zero-order valence-electron chi connectivity index (χ0n) is 15.5. The first kappa shape index (κ1) is 20.6. The van der Waals surface area contributed by atoms with Crippen LogP contribution in [0.3, 0.4) is 0 Å². The van der Waals surface area contributed by atoms with E-state index < -0.39 is 5.91 Å². The smallest absolute Gasteiger partial charge is 0.277 e. The Morgan fingerprint density at radius 2 is 2.04 bits per heavy atom. The first-order valence-electron chi connectivity index (χ1n) is 8.55. The third kappa shape index (κ3) is 5.89. The molecule has 0 unspecified atom stereocenters. The van der Waals surface area contributed by atoms with Gasteiger partial charge < -0.3 is 14.6 Å². The monoisotopic (exact) mass is 390 g/mol. The van der Waals surface area contributed by atoms with Crippen LogP contribution < -0.4 is 14.9 Å². The van der Waals surface area contributed by atoms with Crippen molar-refractivity contribution in [2.24, 2.45) is 5.10 Å². The molecule has 2 rings (SSSR count). The maximum atomic E-state index is 11.8. The molecule has 0 saturated heterocycles. The van der Waals surface area contributed by atoms with E-state index in [0.717, 1.165) is 6.42 Å². The molecule has 2 aromatic rings. The molecule has 0 aliphatic rings. The van der Waals surface area contributed by atoms with Crippen LogP contribution in [-0.2, 0) is 4.79 Å². The third-order valence-electron chi connectivity index (χ3n) is 4.10. The fraction of sp³-hybridized carbons (Fsp3) is 0.300. The van der Waals surface area contributed by atoms with Crippen LogP contribution in [-0.4, -0.2) is 30.9 Å². The van der Waals surface area contributed by atoms with Crippen molar-refractivity contribution in [1.29, 1.82) is 0 Å². The number of carbonyl (C=O) groups excluding carboxylic acids is 1. The quantitative estimate of drug-likeness (QED) is 0.525. The molecule has 27 heavy (non-hydrogen) atoms. The summed E-state index contributed by atoms with van der Waals surface area (Å²) in [6, 6.07) is 10.8. The average molecular weight is 391 g/mol. The number of phenols is 1. The number of hydrogen-bond donors (Lipinski definition) is 2. The highest BCUT2D eigenvalue weighted by Gasteiger charge is 2.08. The normalized spacial score (nSPS) is 12.0. The topological polar surface area (TPSA) is 80.2 Å². The Labute approximate surface area is 163 Å². The number of rotatable bonds is 8. The summed E-state index contributed by atoms with van der Waals surface area (Å²) in [4.78, 5) is 11.8. The summed E-state index contributed by atoms with van der Waals surface area (Å²) in [7, 11) is 1.42. The zero-order valence-corrected chi connectivity index (χ0v) is 16.3. The van der Waals surface area contributed by atoms with Crippen LogP contribution in [0, 0.1) is 0 Å². The molecule has 1 atom stereocenters. The van der Waals surface area contributed by atoms with E-state index in [2.05, 4.69) is 24.4 Å². The standard InChI is InChI=1S/C20H23ClN2O4/c1-4-13(2)15-5-7-16(8-6-15)27-12-19(24)23-22-11-14-9-17(21)20(25)18(10-14)26-3/h5-11,13,25H,4,12H2,1-3H3,(H,23,24)/b22-11-/t13-/m0/s1. The van der Waals surface area contributed by atoms with Gasteiger partial charge in [0, 0.05) is 0 Å². The van der Waals surface area contributed by atoms with E-state index in [1.807, 2.05) is 24.3 Å². The van der Waals surface area contributed by atoms with Gasteiger partial charge in [-0.1, -0.05) is 37.6 Å². The number of carbonyl (C=O) groups is 1. The maximum Gasteiger partial charge on any atom is 0.277 e. The molecule has 144 valence electrons. The Morgan fingerprint density at radius 1 is 1.33 bits per heavy atom. The molecule has 7 heteroatoms. The molecule has 0 aromatic heterocycles. The number of amides is 1. The van der Waals surface area contributed by atoms with Crippen molar-refractivity contribution in [2.75, 3.05) is 13.7 Å². The van der Waals surface area contributed by atoms with Crippen molar-refractivity contribution in [3.8, 4) is 17.2 Å². The van der Waals surface area contributed by atoms with Gasteiger partial charge in [0.05, 0.1) is 18.3 Å². The van der Waals surface area contributed by atoms with Crippen LogP contribution in [0.2, 0.25) is 5.02 Å². The van der Waals surface area contributed by atoms with Gasteiger partial charge in [-0.15, -0.1) is 0 Å². The molecular weight excluding hydrogens is 368 g/mol. The van der Waals surface area contributed by atoms with Crippen molar-refractivity contribution >= 4 is 23.7 Å². The fourth-order valence-electron chi connectivity index (χ4n) is 2.31. The number of hydrogen-bond acceptors (Lipinski definition) is 5. The predicted molar refractivity (Wildman–Crippen MR) is 106 cm³/mol. The van der Waals surface area contributed by atoms with E-state index in [0.29, 0.717) is 17.2 Å². The highest BCUT2D eigenvalue weighted by Crippen LogP contribution is 2.34. The summed E-state index contributed by atoms with van der Waals surface area (Å²) >= 11 is 5.90. The molecule has 0 aliphatic carbocycles. The van der Waals surface area contributed by atoms with Crippen molar-refractivity contribution < 1.29 is 19.4 Å². The zero-order chi connectivity index (χ0) is 19.8. The van der Waals surface area contributed by atoms with E-state index >= 15 is 0 Å². The first-order chi connectivity index (χ1) is 12.9. The number of aromatic hydroxyl groups is 1. The number of nitrogens with zero attached hydrogens (tertiary/aromatic N) is 1. The van der Waals surface area contributed by atoms with Crippen molar-refractivity contribution in [3.05, 3.63) is 52.5 Å². The minimum absolute atomic E-state index is 0.131. The Balaban J connectivity index is 1.86. The lowest BCUT2D eigenvalue weighted by Gasteiger charge is -2.10. The average Bonchev–Trinajstić information content (AvgIpc) is 2.68. The summed E-state index contributed by atoms with van der Waals surface area (Å²) in [6.07, 6.45) is 2.46. The second-order valence-corrected chi connectivity index (χ2v) is 6.42. The number of nitrogens with one attached hydrogen (secondary N) is 1. The van der Waals surface area contributed by atoms with E-state index in [1.54, 1.807) is 6.07 Å². The number of methoxy groups -OCH3 is 1. The van der Waals surface area contributed by atoms with Crippen molar-refractivity contribution in [2.45, 2.75) is 26.2 Å². The van der Waals surface area contributed by atoms with Crippen LogP contribution in [0.15, 0.2) is 41.5 Å². The Kier molecular flexibility index (Phi) is 7.49. The van der Waals surface area contributed by atoms with Crippen LogP contribution in [0.4, 0.5) is 0 Å². The summed E-state index contributed by atoms with van der Waals surface area (Å²) in [6.45, 7) is 4.15. The molecule has 1 amide bonds. The van der Waals surface area contributed by atoms with Gasteiger partial charge in [0.2, 0.25) is 0 Å². The molecule has 0 radical (unpaired) electrons. The van der Waals surface area contributed by atoms with E-state index in [1.165, 1.54) is 25.0 Å². The number of halogens is 1. The van der Waals surface area contributed by atoms with Gasteiger partial charge in [-0.3, -0.25) is 4.79 Å².